The van der Waals surface area contributed by atoms with Gasteiger partial charge in [-0.3, -0.25) is 4.79 Å². The monoisotopic (exact) mass is 352 g/mol. The number of hydrogen-bond donors (Lipinski definition) is 1. The van der Waals surface area contributed by atoms with Crippen LogP contribution in [0, 0.1) is 5.82 Å². The van der Waals surface area contributed by atoms with E-state index in [1.54, 1.807) is 23.1 Å². The normalized spacial score (nSPS) is 14.7. The molecule has 1 fully saturated rings. The fourth-order valence-electron chi connectivity index (χ4n) is 3.20. The molecule has 7 heteroatoms. The number of phenols is 1. The first kappa shape index (κ1) is 16.3. The molecule has 1 saturated heterocycles. The van der Waals surface area contributed by atoms with Gasteiger partial charge in [0.2, 0.25) is 0 Å². The maximum absolute atomic E-state index is 13.9. The van der Waals surface area contributed by atoms with Crippen LogP contribution in [0.4, 0.5) is 10.2 Å². The number of aromatic hydroxyl groups is 1. The van der Waals surface area contributed by atoms with E-state index in [9.17, 15) is 14.3 Å². The van der Waals surface area contributed by atoms with Crippen LogP contribution in [0.3, 0.4) is 0 Å². The SMILES string of the molecule is O=C(c1ccc(O)cc1)N1CCN(c2ncnc3c(F)cccc23)CC1. The quantitative estimate of drug-likeness (QED) is 0.767. The van der Waals surface area contributed by atoms with E-state index in [1.165, 1.54) is 24.5 Å². The zero-order valence-electron chi connectivity index (χ0n) is 14.0. The van der Waals surface area contributed by atoms with Crippen molar-refractivity contribution in [3.8, 4) is 5.75 Å². The summed E-state index contributed by atoms with van der Waals surface area (Å²) in [5, 5.41) is 10.0. The number of anilines is 1. The van der Waals surface area contributed by atoms with Gasteiger partial charge in [-0.25, -0.2) is 14.4 Å². The first-order chi connectivity index (χ1) is 12.6. The lowest BCUT2D eigenvalue weighted by Crippen LogP contribution is -2.49. The predicted octanol–water partition coefficient (Wildman–Crippen LogP) is 2.44. The minimum absolute atomic E-state index is 0.0664. The molecule has 132 valence electrons. The fraction of sp³-hybridized carbons (Fsp3) is 0.211. The lowest BCUT2D eigenvalue weighted by Gasteiger charge is -2.35. The molecule has 26 heavy (non-hydrogen) atoms. The van der Waals surface area contributed by atoms with Gasteiger partial charge in [-0.2, -0.15) is 0 Å². The third-order valence-corrected chi connectivity index (χ3v) is 4.58. The Morgan fingerprint density at radius 2 is 1.73 bits per heavy atom. The lowest BCUT2D eigenvalue weighted by atomic mass is 10.1. The number of amides is 1. The number of nitrogens with zero attached hydrogens (tertiary/aromatic N) is 4. The Hall–Kier alpha value is -3.22. The summed E-state index contributed by atoms with van der Waals surface area (Å²) >= 11 is 0. The minimum Gasteiger partial charge on any atom is -0.508 e. The number of para-hydroxylation sites is 1. The number of rotatable bonds is 2. The van der Waals surface area contributed by atoms with Crippen LogP contribution in [0.1, 0.15) is 10.4 Å². The van der Waals surface area contributed by atoms with Gasteiger partial charge in [0.05, 0.1) is 0 Å². The Labute approximate surface area is 149 Å². The Morgan fingerprint density at radius 3 is 2.46 bits per heavy atom. The number of carbonyl (C=O) groups excluding carboxylic acids is 1. The Kier molecular flexibility index (Phi) is 4.12. The van der Waals surface area contributed by atoms with Crippen LogP contribution in [-0.4, -0.2) is 52.1 Å². The van der Waals surface area contributed by atoms with Crippen molar-refractivity contribution in [1.29, 1.82) is 0 Å². The number of phenolic OH excluding ortho intramolecular Hbond substituents is 1. The standard InChI is InChI=1S/C19H17FN4O2/c20-16-3-1-2-15-17(16)21-12-22-18(15)23-8-10-24(11-9-23)19(26)13-4-6-14(25)7-5-13/h1-7,12,25H,8-11H2. The van der Waals surface area contributed by atoms with Gasteiger partial charge in [0.25, 0.3) is 5.91 Å². The molecule has 1 N–H and O–H groups in total. The van der Waals surface area contributed by atoms with Crippen molar-refractivity contribution >= 4 is 22.6 Å². The molecule has 0 spiro atoms. The number of hydrogen-bond acceptors (Lipinski definition) is 5. The highest BCUT2D eigenvalue weighted by molar-refractivity contribution is 5.94. The van der Waals surface area contributed by atoms with Crippen LogP contribution in [0.15, 0.2) is 48.8 Å². The highest BCUT2D eigenvalue weighted by Gasteiger charge is 2.24. The van der Waals surface area contributed by atoms with Gasteiger partial charge in [0, 0.05) is 37.1 Å². The molecule has 1 aromatic heterocycles. The second-order valence-corrected chi connectivity index (χ2v) is 6.16. The van der Waals surface area contributed by atoms with Crippen LogP contribution >= 0.6 is 0 Å². The first-order valence-corrected chi connectivity index (χ1v) is 8.36. The van der Waals surface area contributed by atoms with Crippen LogP contribution in [0.2, 0.25) is 0 Å². The third kappa shape index (κ3) is 2.92. The van der Waals surface area contributed by atoms with E-state index in [1.807, 2.05) is 11.0 Å². The van der Waals surface area contributed by atoms with E-state index >= 15 is 0 Å². The van der Waals surface area contributed by atoms with Gasteiger partial charge in [-0.05, 0) is 36.4 Å². The molecule has 0 atom stereocenters. The zero-order valence-corrected chi connectivity index (χ0v) is 14.0. The summed E-state index contributed by atoms with van der Waals surface area (Å²) in [6.07, 6.45) is 1.37. The van der Waals surface area contributed by atoms with Gasteiger partial charge in [0.15, 0.2) is 0 Å². The van der Waals surface area contributed by atoms with Crippen LogP contribution in [0.25, 0.3) is 10.9 Å². The van der Waals surface area contributed by atoms with Crippen molar-refractivity contribution < 1.29 is 14.3 Å². The van der Waals surface area contributed by atoms with Gasteiger partial charge in [-0.1, -0.05) is 6.07 Å². The van der Waals surface area contributed by atoms with Crippen molar-refractivity contribution in [2.45, 2.75) is 0 Å². The Balaban J connectivity index is 1.51. The highest BCUT2D eigenvalue weighted by atomic mass is 19.1. The van der Waals surface area contributed by atoms with E-state index < -0.39 is 0 Å². The highest BCUT2D eigenvalue weighted by Crippen LogP contribution is 2.25. The second-order valence-electron chi connectivity index (χ2n) is 6.16. The molecule has 4 rings (SSSR count). The number of carbonyl (C=O) groups is 1. The molecule has 2 heterocycles. The number of aromatic nitrogens is 2. The molecule has 1 aliphatic rings. The molecule has 0 saturated carbocycles. The van der Waals surface area contributed by atoms with Crippen molar-refractivity contribution in [1.82, 2.24) is 14.9 Å². The van der Waals surface area contributed by atoms with Gasteiger partial charge >= 0.3 is 0 Å². The average Bonchev–Trinajstić information content (AvgIpc) is 2.68. The van der Waals surface area contributed by atoms with Gasteiger partial charge in [0.1, 0.15) is 29.2 Å². The summed E-state index contributed by atoms with van der Waals surface area (Å²) in [4.78, 5) is 24.7. The molecular formula is C19H17FN4O2. The summed E-state index contributed by atoms with van der Waals surface area (Å²) in [5.74, 6) is 0.385. The first-order valence-electron chi connectivity index (χ1n) is 8.36. The van der Waals surface area contributed by atoms with E-state index in [4.69, 9.17) is 0 Å². The summed E-state index contributed by atoms with van der Waals surface area (Å²) in [6, 6.07) is 11.1. The fourth-order valence-corrected chi connectivity index (χ4v) is 3.20. The van der Waals surface area contributed by atoms with Crippen LogP contribution in [-0.2, 0) is 0 Å². The van der Waals surface area contributed by atoms with Crippen LogP contribution < -0.4 is 4.90 Å². The summed E-state index contributed by atoms with van der Waals surface area (Å²) in [7, 11) is 0. The Morgan fingerprint density at radius 1 is 1.00 bits per heavy atom. The number of halogens is 1. The summed E-state index contributed by atoms with van der Waals surface area (Å²) < 4.78 is 13.9. The van der Waals surface area contributed by atoms with Crippen molar-refractivity contribution in [3.05, 3.63) is 60.2 Å². The zero-order chi connectivity index (χ0) is 18.1. The van der Waals surface area contributed by atoms with Crippen molar-refractivity contribution in [2.24, 2.45) is 0 Å². The maximum atomic E-state index is 13.9. The average molecular weight is 352 g/mol. The maximum Gasteiger partial charge on any atom is 0.253 e. The largest absolute Gasteiger partial charge is 0.508 e. The van der Waals surface area contributed by atoms with E-state index in [-0.39, 0.29) is 17.5 Å². The molecule has 1 amide bonds. The summed E-state index contributed by atoms with van der Waals surface area (Å²) in [5.41, 5.74) is 0.853. The predicted molar refractivity (Wildman–Crippen MR) is 95.7 cm³/mol. The Bertz CT molecular complexity index is 953. The lowest BCUT2D eigenvalue weighted by molar-refractivity contribution is 0.0746. The molecule has 6 nitrogen and oxygen atoms in total. The molecular weight excluding hydrogens is 335 g/mol. The number of benzene rings is 2. The minimum atomic E-state index is -0.368. The molecule has 0 radical (unpaired) electrons. The van der Waals surface area contributed by atoms with E-state index in [0.717, 1.165) is 0 Å². The van der Waals surface area contributed by atoms with Gasteiger partial charge in [-0.15, -0.1) is 0 Å². The van der Waals surface area contributed by atoms with Crippen molar-refractivity contribution in [2.75, 3.05) is 31.1 Å². The summed E-state index contributed by atoms with van der Waals surface area (Å²) in [6.45, 7) is 2.29. The van der Waals surface area contributed by atoms with Crippen LogP contribution in [0.5, 0.6) is 5.75 Å². The smallest absolute Gasteiger partial charge is 0.253 e. The second kappa shape index (κ2) is 6.59. The molecule has 0 bridgehead atoms. The molecule has 0 unspecified atom stereocenters. The molecule has 3 aromatic rings. The molecule has 2 aromatic carbocycles. The molecule has 1 aliphatic heterocycles. The third-order valence-electron chi connectivity index (χ3n) is 4.58. The van der Waals surface area contributed by atoms with Gasteiger partial charge < -0.3 is 14.9 Å². The van der Waals surface area contributed by atoms with E-state index in [0.29, 0.717) is 48.5 Å². The number of fused-ring (bicyclic) bond motifs is 1. The van der Waals surface area contributed by atoms with Crippen molar-refractivity contribution in [3.63, 3.8) is 0 Å². The number of piperazine rings is 1. The topological polar surface area (TPSA) is 69.6 Å². The molecule has 0 aliphatic carbocycles. The van der Waals surface area contributed by atoms with E-state index in [2.05, 4.69) is 9.97 Å².